The van der Waals surface area contributed by atoms with E-state index in [0.29, 0.717) is 0 Å². The molecule has 1 unspecified atom stereocenters. The highest BCUT2D eigenvalue weighted by molar-refractivity contribution is 5.45. The maximum Gasteiger partial charge on any atom is 0.207 e. The quantitative estimate of drug-likeness (QED) is 0.438. The first kappa shape index (κ1) is 8.47. The van der Waals surface area contributed by atoms with Crippen LogP contribution in [0.1, 0.15) is 26.7 Å². The van der Waals surface area contributed by atoms with Crippen molar-refractivity contribution < 1.29 is 4.79 Å². The van der Waals surface area contributed by atoms with E-state index in [1.807, 2.05) is 0 Å². The van der Waals surface area contributed by atoms with E-state index < -0.39 is 0 Å². The first-order valence-corrected chi connectivity index (χ1v) is 3.48. The van der Waals surface area contributed by atoms with Gasteiger partial charge in [0.1, 0.15) is 0 Å². The smallest absolute Gasteiger partial charge is 0.207 e. The van der Waals surface area contributed by atoms with Crippen LogP contribution in [0.15, 0.2) is 0 Å². The standard InChI is InChI=1S/C7H15NO/c1-3-7(2)4-5-8-6-9/h6-7H,3-5H2,1-2H3,(H,8,9). The zero-order valence-corrected chi connectivity index (χ0v) is 6.18. The van der Waals surface area contributed by atoms with Crippen LogP contribution in [-0.4, -0.2) is 13.0 Å². The van der Waals surface area contributed by atoms with Crippen LogP contribution >= 0.6 is 0 Å². The van der Waals surface area contributed by atoms with Crippen molar-refractivity contribution in [1.82, 2.24) is 5.32 Å². The Balaban J connectivity index is 2.96. The molecule has 54 valence electrons. The molecule has 0 aromatic rings. The molecule has 1 atom stereocenters. The molecule has 0 aromatic heterocycles. The van der Waals surface area contributed by atoms with E-state index in [1.54, 1.807) is 0 Å². The van der Waals surface area contributed by atoms with Gasteiger partial charge in [-0.25, -0.2) is 0 Å². The van der Waals surface area contributed by atoms with Crippen LogP contribution in [0.25, 0.3) is 0 Å². The minimum atomic E-state index is 0.734. The molecule has 0 fully saturated rings. The second kappa shape index (κ2) is 5.60. The molecule has 0 aliphatic carbocycles. The van der Waals surface area contributed by atoms with Crippen LogP contribution in [0.4, 0.5) is 0 Å². The van der Waals surface area contributed by atoms with Gasteiger partial charge in [-0.05, 0) is 12.3 Å². The van der Waals surface area contributed by atoms with E-state index in [9.17, 15) is 4.79 Å². The zero-order valence-electron chi connectivity index (χ0n) is 6.18. The van der Waals surface area contributed by atoms with E-state index >= 15 is 0 Å². The van der Waals surface area contributed by atoms with Gasteiger partial charge in [0.15, 0.2) is 0 Å². The van der Waals surface area contributed by atoms with Gasteiger partial charge in [-0.3, -0.25) is 4.79 Å². The average Bonchev–Trinajstić information content (AvgIpc) is 1.89. The molecule has 0 radical (unpaired) electrons. The van der Waals surface area contributed by atoms with Gasteiger partial charge in [-0.15, -0.1) is 0 Å². The lowest BCUT2D eigenvalue weighted by molar-refractivity contribution is -0.109. The van der Waals surface area contributed by atoms with Crippen LogP contribution in [0.5, 0.6) is 0 Å². The number of hydrogen-bond acceptors (Lipinski definition) is 1. The fourth-order valence-corrected chi connectivity index (χ4v) is 0.593. The summed E-state index contributed by atoms with van der Waals surface area (Å²) in [5.41, 5.74) is 0. The van der Waals surface area contributed by atoms with Gasteiger partial charge in [0.2, 0.25) is 6.41 Å². The predicted molar refractivity (Wildman–Crippen MR) is 38.1 cm³/mol. The van der Waals surface area contributed by atoms with Gasteiger partial charge in [-0.1, -0.05) is 20.3 Å². The second-order valence-corrected chi connectivity index (χ2v) is 2.37. The van der Waals surface area contributed by atoms with Crippen LogP contribution in [-0.2, 0) is 4.79 Å². The third-order valence-corrected chi connectivity index (χ3v) is 1.56. The summed E-state index contributed by atoms with van der Waals surface area (Å²) in [5, 5.41) is 2.63. The van der Waals surface area contributed by atoms with Crippen molar-refractivity contribution in [2.45, 2.75) is 26.7 Å². The summed E-state index contributed by atoms with van der Waals surface area (Å²) in [5.74, 6) is 0.734. The summed E-state index contributed by atoms with van der Waals surface area (Å²) in [4.78, 5) is 9.76. The van der Waals surface area contributed by atoms with Crippen molar-refractivity contribution in [3.05, 3.63) is 0 Å². The van der Waals surface area contributed by atoms with Crippen molar-refractivity contribution in [3.8, 4) is 0 Å². The molecule has 0 saturated carbocycles. The van der Waals surface area contributed by atoms with E-state index in [4.69, 9.17) is 0 Å². The molecule has 0 saturated heterocycles. The molecule has 0 heterocycles. The third-order valence-electron chi connectivity index (χ3n) is 1.56. The van der Waals surface area contributed by atoms with Crippen LogP contribution in [0.3, 0.4) is 0 Å². The van der Waals surface area contributed by atoms with E-state index in [0.717, 1.165) is 25.3 Å². The summed E-state index contributed by atoms with van der Waals surface area (Å²) in [6, 6.07) is 0. The maximum atomic E-state index is 9.76. The zero-order chi connectivity index (χ0) is 7.11. The van der Waals surface area contributed by atoms with E-state index in [1.165, 1.54) is 6.42 Å². The molecule has 0 aromatic carbocycles. The van der Waals surface area contributed by atoms with E-state index in [-0.39, 0.29) is 0 Å². The molecule has 1 amide bonds. The van der Waals surface area contributed by atoms with Gasteiger partial charge in [0.25, 0.3) is 0 Å². The van der Waals surface area contributed by atoms with Crippen molar-refractivity contribution in [2.24, 2.45) is 5.92 Å². The van der Waals surface area contributed by atoms with Crippen LogP contribution in [0.2, 0.25) is 0 Å². The van der Waals surface area contributed by atoms with Crippen molar-refractivity contribution in [2.75, 3.05) is 6.54 Å². The Morgan fingerprint density at radius 2 is 2.33 bits per heavy atom. The average molecular weight is 129 g/mol. The Hall–Kier alpha value is -0.530. The molecule has 2 nitrogen and oxygen atoms in total. The highest BCUT2D eigenvalue weighted by atomic mass is 16.1. The van der Waals surface area contributed by atoms with Crippen molar-refractivity contribution >= 4 is 6.41 Å². The number of amides is 1. The number of hydrogen-bond donors (Lipinski definition) is 1. The van der Waals surface area contributed by atoms with Crippen LogP contribution in [0, 0.1) is 5.92 Å². The van der Waals surface area contributed by atoms with Gasteiger partial charge in [0, 0.05) is 6.54 Å². The lowest BCUT2D eigenvalue weighted by Gasteiger charge is -2.05. The number of carbonyl (C=O) groups excluding carboxylic acids is 1. The molecule has 1 N–H and O–H groups in total. The van der Waals surface area contributed by atoms with Crippen molar-refractivity contribution in [1.29, 1.82) is 0 Å². The van der Waals surface area contributed by atoms with E-state index in [2.05, 4.69) is 19.2 Å². The van der Waals surface area contributed by atoms with Crippen LogP contribution < -0.4 is 5.32 Å². The van der Waals surface area contributed by atoms with Gasteiger partial charge >= 0.3 is 0 Å². The molecule has 9 heavy (non-hydrogen) atoms. The summed E-state index contributed by atoms with van der Waals surface area (Å²) in [6.07, 6.45) is 3.04. The second-order valence-electron chi connectivity index (χ2n) is 2.37. The fraction of sp³-hybridized carbons (Fsp3) is 0.857. The topological polar surface area (TPSA) is 29.1 Å². The molecule has 2 heteroatoms. The minimum Gasteiger partial charge on any atom is -0.359 e. The maximum absolute atomic E-state index is 9.76. The molecule has 0 bridgehead atoms. The Morgan fingerprint density at radius 1 is 1.67 bits per heavy atom. The molecule has 0 aliphatic heterocycles. The Morgan fingerprint density at radius 3 is 2.78 bits per heavy atom. The normalized spacial score (nSPS) is 12.7. The highest BCUT2D eigenvalue weighted by Gasteiger charge is 1.95. The number of nitrogens with one attached hydrogen (secondary N) is 1. The molecule has 0 aliphatic rings. The van der Waals surface area contributed by atoms with Crippen molar-refractivity contribution in [3.63, 3.8) is 0 Å². The predicted octanol–water partition coefficient (Wildman–Crippen LogP) is 1.17. The molecule has 0 spiro atoms. The number of rotatable bonds is 5. The first-order valence-electron chi connectivity index (χ1n) is 3.48. The highest BCUT2D eigenvalue weighted by Crippen LogP contribution is 2.03. The Kier molecular flexibility index (Phi) is 5.27. The van der Waals surface area contributed by atoms with Gasteiger partial charge in [0.05, 0.1) is 0 Å². The monoisotopic (exact) mass is 129 g/mol. The molecular weight excluding hydrogens is 114 g/mol. The SMILES string of the molecule is CCC(C)CCNC=O. The Labute approximate surface area is 56.6 Å². The lowest BCUT2D eigenvalue weighted by atomic mass is 10.1. The first-order chi connectivity index (χ1) is 4.31. The minimum absolute atomic E-state index is 0.734. The number of carbonyl (C=O) groups is 1. The largest absolute Gasteiger partial charge is 0.359 e. The summed E-state index contributed by atoms with van der Waals surface area (Å²) >= 11 is 0. The Bertz CT molecular complexity index is 73.3. The molecular formula is C7H15NO. The van der Waals surface area contributed by atoms with Gasteiger partial charge in [-0.2, -0.15) is 0 Å². The third kappa shape index (κ3) is 5.34. The lowest BCUT2D eigenvalue weighted by Crippen LogP contribution is -2.14. The van der Waals surface area contributed by atoms with Gasteiger partial charge < -0.3 is 5.32 Å². The molecule has 0 rings (SSSR count). The summed E-state index contributed by atoms with van der Waals surface area (Å²) in [6.45, 7) is 5.16. The summed E-state index contributed by atoms with van der Waals surface area (Å²) in [7, 11) is 0. The summed E-state index contributed by atoms with van der Waals surface area (Å²) < 4.78 is 0. The fourth-order valence-electron chi connectivity index (χ4n) is 0.593.